The average Bonchev–Trinajstić information content (AvgIpc) is 3.36. The number of hydrogen-bond donors (Lipinski definition) is 1. The molecule has 0 amide bonds. The van der Waals surface area contributed by atoms with Crippen LogP contribution >= 0.6 is 0 Å². The fraction of sp³-hybridized carbons (Fsp3) is 0.217. The predicted molar refractivity (Wildman–Crippen MR) is 113 cm³/mol. The van der Waals surface area contributed by atoms with Crippen molar-refractivity contribution in [3.8, 4) is 5.69 Å². The van der Waals surface area contributed by atoms with Crippen molar-refractivity contribution in [1.82, 2.24) is 19.3 Å². The molecule has 5 heteroatoms. The topological polar surface area (TPSA) is 47.7 Å². The third-order valence-electron chi connectivity index (χ3n) is 5.18. The monoisotopic (exact) mass is 369 g/mol. The summed E-state index contributed by atoms with van der Waals surface area (Å²) in [5.41, 5.74) is 7.56. The van der Waals surface area contributed by atoms with E-state index in [-0.39, 0.29) is 0 Å². The lowest BCUT2D eigenvalue weighted by Gasteiger charge is -2.12. The minimum Gasteiger partial charge on any atom is -0.358 e. The van der Waals surface area contributed by atoms with Crippen molar-refractivity contribution >= 4 is 16.7 Å². The Kier molecular flexibility index (Phi) is 4.01. The first-order valence-electron chi connectivity index (χ1n) is 9.69. The summed E-state index contributed by atoms with van der Waals surface area (Å²) in [6, 6.07) is 18.7. The number of nitrogens with zero attached hydrogens (tertiary/aromatic N) is 4. The molecule has 0 spiro atoms. The standard InChI is InChI=1S/C23H23N5/c1-16-13-23(18-7-8-18)28(26-16)20-11-9-19(10-12-20)25-17(2)14-27-15-24-21-5-3-4-6-22(21)27/h3-6,9-13,15,18,25H,2,7-8,14H2,1H3. The summed E-state index contributed by atoms with van der Waals surface area (Å²) in [6.45, 7) is 6.91. The molecule has 1 N–H and O–H groups in total. The molecule has 0 saturated heterocycles. The quantitative estimate of drug-likeness (QED) is 0.518. The molecule has 28 heavy (non-hydrogen) atoms. The van der Waals surface area contributed by atoms with Crippen LogP contribution in [0, 0.1) is 6.92 Å². The summed E-state index contributed by atoms with van der Waals surface area (Å²) >= 11 is 0. The van der Waals surface area contributed by atoms with Gasteiger partial charge in [0.1, 0.15) is 0 Å². The number of aryl methyl sites for hydroxylation is 1. The maximum Gasteiger partial charge on any atom is 0.0962 e. The molecule has 4 aromatic rings. The Morgan fingerprint density at radius 2 is 1.93 bits per heavy atom. The van der Waals surface area contributed by atoms with Gasteiger partial charge in [0.15, 0.2) is 0 Å². The van der Waals surface area contributed by atoms with Crippen molar-refractivity contribution in [3.05, 3.63) is 84.6 Å². The van der Waals surface area contributed by atoms with Crippen molar-refractivity contribution in [2.75, 3.05) is 5.32 Å². The first-order chi connectivity index (χ1) is 13.7. The normalized spacial score (nSPS) is 13.8. The van der Waals surface area contributed by atoms with Crippen LogP contribution in [0.2, 0.25) is 0 Å². The number of rotatable bonds is 6. The number of anilines is 1. The van der Waals surface area contributed by atoms with Gasteiger partial charge in [-0.1, -0.05) is 18.7 Å². The number of hydrogen-bond acceptors (Lipinski definition) is 3. The van der Waals surface area contributed by atoms with Crippen LogP contribution in [-0.2, 0) is 6.54 Å². The van der Waals surface area contributed by atoms with Crippen LogP contribution in [0.4, 0.5) is 5.69 Å². The number of imidazole rings is 1. The minimum atomic E-state index is 0.670. The van der Waals surface area contributed by atoms with Gasteiger partial charge in [-0.05, 0) is 62.2 Å². The Morgan fingerprint density at radius 3 is 2.71 bits per heavy atom. The van der Waals surface area contributed by atoms with E-state index in [1.165, 1.54) is 18.5 Å². The molecule has 0 bridgehead atoms. The highest BCUT2D eigenvalue weighted by molar-refractivity contribution is 5.75. The molecule has 1 saturated carbocycles. The molecule has 5 rings (SSSR count). The van der Waals surface area contributed by atoms with Crippen molar-refractivity contribution in [3.63, 3.8) is 0 Å². The van der Waals surface area contributed by atoms with Crippen molar-refractivity contribution in [2.24, 2.45) is 0 Å². The molecular formula is C23H23N5. The molecule has 1 fully saturated rings. The lowest BCUT2D eigenvalue weighted by molar-refractivity contribution is 0.799. The van der Waals surface area contributed by atoms with E-state index in [4.69, 9.17) is 0 Å². The van der Waals surface area contributed by atoms with Crippen molar-refractivity contribution < 1.29 is 0 Å². The van der Waals surface area contributed by atoms with Gasteiger partial charge in [-0.25, -0.2) is 9.67 Å². The third kappa shape index (κ3) is 3.20. The van der Waals surface area contributed by atoms with Gasteiger partial charge < -0.3 is 9.88 Å². The van der Waals surface area contributed by atoms with Crippen molar-refractivity contribution in [1.29, 1.82) is 0 Å². The van der Waals surface area contributed by atoms with Gasteiger partial charge in [-0.2, -0.15) is 5.10 Å². The summed E-state index contributed by atoms with van der Waals surface area (Å²) in [6.07, 6.45) is 4.40. The van der Waals surface area contributed by atoms with E-state index in [9.17, 15) is 0 Å². The fourth-order valence-electron chi connectivity index (χ4n) is 3.67. The van der Waals surface area contributed by atoms with Crippen LogP contribution < -0.4 is 5.32 Å². The first kappa shape index (κ1) is 16.8. The number of allylic oxidation sites excluding steroid dienone is 1. The largest absolute Gasteiger partial charge is 0.358 e. The lowest BCUT2D eigenvalue weighted by Crippen LogP contribution is -2.07. The van der Waals surface area contributed by atoms with Gasteiger partial charge in [-0.15, -0.1) is 0 Å². The van der Waals surface area contributed by atoms with Crippen molar-refractivity contribution in [2.45, 2.75) is 32.2 Å². The zero-order valence-corrected chi connectivity index (χ0v) is 16.0. The molecule has 0 aliphatic heterocycles. The van der Waals surface area contributed by atoms with Gasteiger partial charge in [-0.3, -0.25) is 0 Å². The summed E-state index contributed by atoms with van der Waals surface area (Å²) in [4.78, 5) is 4.44. The zero-order valence-electron chi connectivity index (χ0n) is 16.0. The van der Waals surface area contributed by atoms with Crippen LogP contribution in [0.1, 0.15) is 30.1 Å². The second-order valence-electron chi connectivity index (χ2n) is 7.53. The van der Waals surface area contributed by atoms with Crippen LogP contribution in [0.15, 0.2) is 73.2 Å². The molecular weight excluding hydrogens is 346 g/mol. The van der Waals surface area contributed by atoms with Crippen LogP contribution in [0.25, 0.3) is 16.7 Å². The van der Waals surface area contributed by atoms with Crippen LogP contribution in [-0.4, -0.2) is 19.3 Å². The van der Waals surface area contributed by atoms with Gasteiger partial charge in [0.05, 0.1) is 35.3 Å². The molecule has 2 heterocycles. The van der Waals surface area contributed by atoms with E-state index in [2.05, 4.69) is 74.5 Å². The Bertz CT molecular complexity index is 1150. The summed E-state index contributed by atoms with van der Waals surface area (Å²) < 4.78 is 4.19. The van der Waals surface area contributed by atoms with E-state index in [1.54, 1.807) is 0 Å². The predicted octanol–water partition coefficient (Wildman–Crippen LogP) is 5.03. The molecule has 0 radical (unpaired) electrons. The highest BCUT2D eigenvalue weighted by Gasteiger charge is 2.28. The summed E-state index contributed by atoms with van der Waals surface area (Å²) in [5.74, 6) is 0.670. The Morgan fingerprint density at radius 1 is 1.14 bits per heavy atom. The van der Waals surface area contributed by atoms with Gasteiger partial charge >= 0.3 is 0 Å². The molecule has 5 nitrogen and oxygen atoms in total. The van der Waals surface area contributed by atoms with E-state index in [1.807, 2.05) is 24.5 Å². The zero-order chi connectivity index (χ0) is 19.1. The van der Waals surface area contributed by atoms with E-state index < -0.39 is 0 Å². The number of nitrogens with one attached hydrogen (secondary N) is 1. The molecule has 1 aliphatic carbocycles. The number of benzene rings is 2. The smallest absolute Gasteiger partial charge is 0.0962 e. The van der Waals surface area contributed by atoms with Crippen LogP contribution in [0.5, 0.6) is 0 Å². The minimum absolute atomic E-state index is 0.670. The molecule has 140 valence electrons. The summed E-state index contributed by atoms with van der Waals surface area (Å²) in [7, 11) is 0. The second kappa shape index (κ2) is 6.68. The maximum absolute atomic E-state index is 4.68. The first-order valence-corrected chi connectivity index (χ1v) is 9.69. The molecule has 1 aliphatic rings. The second-order valence-corrected chi connectivity index (χ2v) is 7.53. The summed E-state index contributed by atoms with van der Waals surface area (Å²) in [5, 5.41) is 8.09. The lowest BCUT2D eigenvalue weighted by atomic mass is 10.2. The molecule has 2 aromatic carbocycles. The Balaban J connectivity index is 1.30. The number of para-hydroxylation sites is 2. The van der Waals surface area contributed by atoms with Gasteiger partial charge in [0.25, 0.3) is 0 Å². The number of fused-ring (bicyclic) bond motifs is 1. The van der Waals surface area contributed by atoms with E-state index >= 15 is 0 Å². The SMILES string of the molecule is C=C(Cn1cnc2ccccc21)Nc1ccc(-n2nc(C)cc2C2CC2)cc1. The number of aromatic nitrogens is 4. The van der Waals surface area contributed by atoms with Gasteiger partial charge in [0, 0.05) is 23.0 Å². The van der Waals surface area contributed by atoms with Gasteiger partial charge in [0.2, 0.25) is 0 Å². The Hall–Kier alpha value is -3.34. The average molecular weight is 369 g/mol. The fourth-order valence-corrected chi connectivity index (χ4v) is 3.67. The van der Waals surface area contributed by atoms with Crippen LogP contribution in [0.3, 0.4) is 0 Å². The molecule has 0 unspecified atom stereocenters. The highest BCUT2D eigenvalue weighted by atomic mass is 15.3. The molecule has 0 atom stereocenters. The highest BCUT2D eigenvalue weighted by Crippen LogP contribution is 2.41. The molecule has 2 aromatic heterocycles. The van der Waals surface area contributed by atoms with E-state index in [0.717, 1.165) is 33.8 Å². The van der Waals surface area contributed by atoms with E-state index in [0.29, 0.717) is 12.5 Å². The maximum atomic E-state index is 4.68. The Labute approximate surface area is 164 Å². The third-order valence-corrected chi connectivity index (χ3v) is 5.18.